The third kappa shape index (κ3) is 7.50. The highest BCUT2D eigenvalue weighted by molar-refractivity contribution is 6.32. The Balaban J connectivity index is 0.00000576. The predicted molar refractivity (Wildman–Crippen MR) is 104 cm³/mol. The van der Waals surface area contributed by atoms with Gasteiger partial charge in [0.05, 0.1) is 5.02 Å². The number of hydrogen-bond acceptors (Lipinski definition) is 4. The maximum Gasteiger partial charge on any atom is 0.260 e. The van der Waals surface area contributed by atoms with E-state index in [-0.39, 0.29) is 36.7 Å². The Morgan fingerprint density at radius 3 is 2.44 bits per heavy atom. The van der Waals surface area contributed by atoms with E-state index in [1.165, 1.54) is 0 Å². The normalized spacial score (nSPS) is 11.2. The maximum absolute atomic E-state index is 12.0. The van der Waals surface area contributed by atoms with Crippen molar-refractivity contribution >= 4 is 41.5 Å². The molecule has 2 amide bonds. The van der Waals surface area contributed by atoms with Gasteiger partial charge in [0.15, 0.2) is 6.61 Å². The average molecular weight is 392 g/mol. The molecule has 8 heteroatoms. The van der Waals surface area contributed by atoms with Gasteiger partial charge in [-0.2, -0.15) is 0 Å². The minimum Gasteiger partial charge on any atom is -0.482 e. The Hall–Kier alpha value is -1.50. The zero-order valence-corrected chi connectivity index (χ0v) is 16.7. The molecule has 0 aromatic heterocycles. The van der Waals surface area contributed by atoms with Crippen LogP contribution in [0.5, 0.6) is 5.75 Å². The molecule has 1 aromatic rings. The highest BCUT2D eigenvalue weighted by Crippen LogP contribution is 2.28. The number of nitrogens with zero attached hydrogens (tertiary/aromatic N) is 1. The number of ether oxygens (including phenoxy) is 1. The van der Waals surface area contributed by atoms with Crippen molar-refractivity contribution in [2.75, 3.05) is 38.6 Å². The van der Waals surface area contributed by atoms with Crippen LogP contribution in [0.4, 0.5) is 5.69 Å². The Morgan fingerprint density at radius 2 is 1.92 bits per heavy atom. The number of rotatable bonds is 9. The fraction of sp³-hybridized carbons (Fsp3) is 0.529. The first-order valence-electron chi connectivity index (χ1n) is 8.08. The molecule has 2 N–H and O–H groups in total. The molecule has 0 saturated heterocycles. The van der Waals surface area contributed by atoms with Crippen LogP contribution in [0, 0.1) is 5.92 Å². The molecule has 0 aliphatic carbocycles. The van der Waals surface area contributed by atoms with Crippen LogP contribution in [0.3, 0.4) is 0 Å². The van der Waals surface area contributed by atoms with E-state index in [2.05, 4.69) is 10.6 Å². The quantitative estimate of drug-likeness (QED) is 0.678. The number of nitrogens with one attached hydrogen (secondary N) is 2. The number of hydrogen-bond donors (Lipinski definition) is 2. The molecule has 1 rings (SSSR count). The van der Waals surface area contributed by atoms with E-state index in [1.54, 1.807) is 30.1 Å². The standard InChI is InChI=1S/C17H26ClN3O3.ClH/c1-5-21(6-2)16(22)11-24-15-8-7-13(9-14(15)18)20-17(23)12(3)10-19-4;/h7-9,12,19H,5-6,10-11H2,1-4H3,(H,20,23);1H. The molecule has 1 atom stereocenters. The zero-order chi connectivity index (χ0) is 18.1. The summed E-state index contributed by atoms with van der Waals surface area (Å²) in [6, 6.07) is 4.96. The van der Waals surface area contributed by atoms with Crippen molar-refractivity contribution in [2.24, 2.45) is 5.92 Å². The highest BCUT2D eigenvalue weighted by atomic mass is 35.5. The molecule has 0 aliphatic rings. The van der Waals surface area contributed by atoms with Crippen LogP contribution in [0.25, 0.3) is 0 Å². The van der Waals surface area contributed by atoms with Gasteiger partial charge >= 0.3 is 0 Å². The Bertz CT molecular complexity index is 566. The van der Waals surface area contributed by atoms with Crippen molar-refractivity contribution in [3.05, 3.63) is 23.2 Å². The third-order valence-corrected chi connectivity index (χ3v) is 3.92. The molecular weight excluding hydrogens is 365 g/mol. The van der Waals surface area contributed by atoms with Gasteiger partial charge in [-0.25, -0.2) is 0 Å². The Morgan fingerprint density at radius 1 is 1.28 bits per heavy atom. The lowest BCUT2D eigenvalue weighted by Gasteiger charge is -2.19. The molecule has 1 aromatic carbocycles. The van der Waals surface area contributed by atoms with Gasteiger partial charge in [-0.05, 0) is 39.1 Å². The first-order valence-corrected chi connectivity index (χ1v) is 8.46. The van der Waals surface area contributed by atoms with Gasteiger partial charge in [0.2, 0.25) is 5.91 Å². The average Bonchev–Trinajstić information content (AvgIpc) is 2.55. The van der Waals surface area contributed by atoms with E-state index in [4.69, 9.17) is 16.3 Å². The van der Waals surface area contributed by atoms with Crippen molar-refractivity contribution in [1.82, 2.24) is 10.2 Å². The molecule has 1 unspecified atom stereocenters. The summed E-state index contributed by atoms with van der Waals surface area (Å²) in [6.07, 6.45) is 0. The molecule has 0 heterocycles. The lowest BCUT2D eigenvalue weighted by atomic mass is 10.1. The summed E-state index contributed by atoms with van der Waals surface area (Å²) in [5.41, 5.74) is 0.593. The second-order valence-electron chi connectivity index (χ2n) is 5.45. The van der Waals surface area contributed by atoms with Crippen LogP contribution in [-0.4, -0.2) is 50.0 Å². The van der Waals surface area contributed by atoms with E-state index in [0.29, 0.717) is 36.1 Å². The molecule has 6 nitrogen and oxygen atoms in total. The fourth-order valence-corrected chi connectivity index (χ4v) is 2.40. The molecule has 0 fully saturated rings. The fourth-order valence-electron chi connectivity index (χ4n) is 2.17. The Kier molecular flexibility index (Phi) is 11.2. The molecule has 25 heavy (non-hydrogen) atoms. The molecular formula is C17H27Cl2N3O3. The first kappa shape index (κ1) is 23.5. The number of likely N-dealkylation sites (N-methyl/N-ethyl adjacent to an activating group) is 1. The van der Waals surface area contributed by atoms with Crippen molar-refractivity contribution in [3.63, 3.8) is 0 Å². The third-order valence-electron chi connectivity index (χ3n) is 3.62. The van der Waals surface area contributed by atoms with Crippen LogP contribution in [-0.2, 0) is 9.59 Å². The zero-order valence-electron chi connectivity index (χ0n) is 15.1. The second-order valence-corrected chi connectivity index (χ2v) is 5.86. The molecule has 0 bridgehead atoms. The van der Waals surface area contributed by atoms with Gasteiger partial charge in [-0.3, -0.25) is 9.59 Å². The number of halogens is 2. The van der Waals surface area contributed by atoms with Crippen molar-refractivity contribution < 1.29 is 14.3 Å². The summed E-state index contributed by atoms with van der Waals surface area (Å²) in [5, 5.41) is 6.11. The summed E-state index contributed by atoms with van der Waals surface area (Å²) in [6.45, 7) is 7.48. The summed E-state index contributed by atoms with van der Waals surface area (Å²) in [7, 11) is 1.80. The number of carbonyl (C=O) groups is 2. The topological polar surface area (TPSA) is 70.7 Å². The molecule has 142 valence electrons. The second kappa shape index (κ2) is 12.0. The van der Waals surface area contributed by atoms with Crippen LogP contribution in [0.1, 0.15) is 20.8 Å². The molecule has 0 saturated carbocycles. The first-order chi connectivity index (χ1) is 11.4. The molecule has 0 spiro atoms. The molecule has 0 aliphatic heterocycles. The smallest absolute Gasteiger partial charge is 0.260 e. The molecule has 0 radical (unpaired) electrons. The van der Waals surface area contributed by atoms with Crippen LogP contribution in [0.15, 0.2) is 18.2 Å². The number of anilines is 1. The van der Waals surface area contributed by atoms with Crippen molar-refractivity contribution in [1.29, 1.82) is 0 Å². The van der Waals surface area contributed by atoms with Gasteiger partial charge in [0.25, 0.3) is 5.91 Å². The number of carbonyl (C=O) groups excluding carboxylic acids is 2. The summed E-state index contributed by atoms with van der Waals surface area (Å²) >= 11 is 6.17. The lowest BCUT2D eigenvalue weighted by molar-refractivity contribution is -0.133. The summed E-state index contributed by atoms with van der Waals surface area (Å²) in [4.78, 5) is 25.6. The monoisotopic (exact) mass is 391 g/mol. The minimum atomic E-state index is -0.156. The van der Waals surface area contributed by atoms with Crippen molar-refractivity contribution in [2.45, 2.75) is 20.8 Å². The van der Waals surface area contributed by atoms with Gasteiger partial charge in [0, 0.05) is 31.2 Å². The largest absolute Gasteiger partial charge is 0.482 e. The van der Waals surface area contributed by atoms with Crippen molar-refractivity contribution in [3.8, 4) is 5.75 Å². The van der Waals surface area contributed by atoms with Crippen LogP contribution < -0.4 is 15.4 Å². The van der Waals surface area contributed by atoms with Crippen LogP contribution in [0.2, 0.25) is 5.02 Å². The minimum absolute atomic E-state index is 0. The van der Waals surface area contributed by atoms with Crippen LogP contribution >= 0.6 is 24.0 Å². The highest BCUT2D eigenvalue weighted by Gasteiger charge is 2.14. The van der Waals surface area contributed by atoms with Gasteiger partial charge < -0.3 is 20.3 Å². The van der Waals surface area contributed by atoms with E-state index in [0.717, 1.165) is 0 Å². The lowest BCUT2D eigenvalue weighted by Crippen LogP contribution is -2.34. The van der Waals surface area contributed by atoms with E-state index < -0.39 is 0 Å². The van der Waals surface area contributed by atoms with E-state index in [9.17, 15) is 9.59 Å². The van der Waals surface area contributed by atoms with Gasteiger partial charge in [0.1, 0.15) is 5.75 Å². The SMILES string of the molecule is CCN(CC)C(=O)COc1ccc(NC(=O)C(C)CNC)cc1Cl.Cl. The van der Waals surface area contributed by atoms with E-state index in [1.807, 2.05) is 20.8 Å². The summed E-state index contributed by atoms with van der Waals surface area (Å²) in [5.74, 6) is 0.0787. The number of amides is 2. The maximum atomic E-state index is 12.0. The Labute approximate surface area is 160 Å². The van der Waals surface area contributed by atoms with Gasteiger partial charge in [-0.1, -0.05) is 18.5 Å². The van der Waals surface area contributed by atoms with E-state index >= 15 is 0 Å². The van der Waals surface area contributed by atoms with Gasteiger partial charge in [-0.15, -0.1) is 12.4 Å². The summed E-state index contributed by atoms with van der Waals surface area (Å²) < 4.78 is 5.48. The predicted octanol–water partition coefficient (Wildman–Crippen LogP) is 2.80. The number of benzene rings is 1.